The monoisotopic (exact) mass is 387 g/mol. The Bertz CT molecular complexity index is 999. The van der Waals surface area contributed by atoms with Gasteiger partial charge in [-0.25, -0.2) is 9.59 Å². The Balaban J connectivity index is 2.17. The van der Waals surface area contributed by atoms with Gasteiger partial charge in [-0.05, 0) is 30.3 Å². The Morgan fingerprint density at radius 1 is 1.00 bits per heavy atom. The van der Waals surface area contributed by atoms with Crippen LogP contribution in [0, 0.1) is 0 Å². The third-order valence-corrected chi connectivity index (χ3v) is 3.81. The first kappa shape index (κ1) is 18.7. The first-order valence-electron chi connectivity index (χ1n) is 7.84. The lowest BCUT2D eigenvalue weighted by atomic mass is 10.1. The minimum atomic E-state index is -1.34. The Morgan fingerprint density at radius 3 is 2.39 bits per heavy atom. The number of benzene rings is 2. The van der Waals surface area contributed by atoms with E-state index in [4.69, 9.17) is 14.6 Å². The lowest BCUT2D eigenvalue weighted by Gasteiger charge is -2.21. The van der Waals surface area contributed by atoms with Crippen LogP contribution in [0.3, 0.4) is 0 Å². The summed E-state index contributed by atoms with van der Waals surface area (Å²) in [6.45, 7) is -1.50. The number of aliphatic carboxylic acids is 2. The van der Waals surface area contributed by atoms with Crippen molar-refractivity contribution in [3.05, 3.63) is 47.5 Å². The molecule has 1 amide bonds. The van der Waals surface area contributed by atoms with E-state index < -0.39 is 37.0 Å². The number of hydrogen-bond acceptors (Lipinski definition) is 6. The molecule has 3 N–H and O–H groups in total. The van der Waals surface area contributed by atoms with Gasteiger partial charge in [0.2, 0.25) is 0 Å². The fourth-order valence-electron chi connectivity index (χ4n) is 2.67. The normalized spacial score (nSPS) is 12.3. The molecule has 0 aromatic heterocycles. The number of hydrogen-bond donors (Lipinski definition) is 3. The van der Waals surface area contributed by atoms with Crippen molar-refractivity contribution < 1.29 is 44.0 Å². The van der Waals surface area contributed by atoms with Gasteiger partial charge in [-0.3, -0.25) is 14.5 Å². The molecule has 1 heterocycles. The zero-order valence-electron chi connectivity index (χ0n) is 14.1. The molecular formula is C18H13NO9. The van der Waals surface area contributed by atoms with E-state index in [9.17, 15) is 29.4 Å². The predicted octanol–water partition coefficient (Wildman–Crippen LogP) is 1.69. The van der Waals surface area contributed by atoms with Crippen LogP contribution in [0.2, 0.25) is 0 Å². The van der Waals surface area contributed by atoms with E-state index >= 15 is 0 Å². The lowest BCUT2D eigenvalue weighted by Crippen LogP contribution is -2.35. The van der Waals surface area contributed by atoms with Crippen LogP contribution in [0.5, 0.6) is 17.2 Å². The van der Waals surface area contributed by atoms with E-state index in [-0.39, 0.29) is 34.1 Å². The van der Waals surface area contributed by atoms with Crippen LogP contribution in [0.1, 0.15) is 20.7 Å². The number of rotatable bonds is 6. The molecule has 2 aromatic carbocycles. The fraction of sp³-hybridized carbons (Fsp3) is 0.111. The lowest BCUT2D eigenvalue weighted by molar-refractivity contribution is -0.139. The van der Waals surface area contributed by atoms with Crippen LogP contribution >= 0.6 is 0 Å². The maximum atomic E-state index is 13.1. The van der Waals surface area contributed by atoms with E-state index in [1.54, 1.807) is 0 Å². The van der Waals surface area contributed by atoms with Crippen LogP contribution in [0.4, 0.5) is 5.69 Å². The number of aromatic carboxylic acids is 1. The summed E-state index contributed by atoms with van der Waals surface area (Å²) in [4.78, 5) is 47.3. The number of ether oxygens (including phenoxy) is 2. The van der Waals surface area contributed by atoms with Gasteiger partial charge in [0, 0.05) is 0 Å². The van der Waals surface area contributed by atoms with Gasteiger partial charge in [-0.2, -0.15) is 0 Å². The Labute approximate surface area is 157 Å². The number of carbonyl (C=O) groups is 4. The number of anilines is 1. The maximum absolute atomic E-state index is 13.1. The van der Waals surface area contributed by atoms with E-state index in [0.29, 0.717) is 0 Å². The topological polar surface area (TPSA) is 151 Å². The van der Waals surface area contributed by atoms with Crippen LogP contribution in [0.25, 0.3) is 0 Å². The molecule has 3 rings (SSSR count). The van der Waals surface area contributed by atoms with Gasteiger partial charge in [0.25, 0.3) is 5.91 Å². The first-order valence-corrected chi connectivity index (χ1v) is 7.84. The van der Waals surface area contributed by atoms with Crippen LogP contribution in [-0.4, -0.2) is 52.3 Å². The zero-order valence-corrected chi connectivity index (χ0v) is 14.1. The molecule has 0 unspecified atom stereocenters. The summed E-state index contributed by atoms with van der Waals surface area (Å²) in [5.74, 6) is -4.73. The number of carboxylic acid groups (broad SMARTS) is 3. The number of nitrogens with zero attached hydrogens (tertiary/aromatic N) is 1. The SMILES string of the molecule is O=C(O)COc1cccc2c1C(=O)N(CC(=O)O)c1cc(C(=O)O)ccc1O2. The van der Waals surface area contributed by atoms with Crippen molar-refractivity contribution in [1.29, 1.82) is 0 Å². The van der Waals surface area contributed by atoms with E-state index in [1.807, 2.05) is 0 Å². The Kier molecular flexibility index (Phi) is 4.86. The highest BCUT2D eigenvalue weighted by atomic mass is 16.5. The van der Waals surface area contributed by atoms with Crippen molar-refractivity contribution in [1.82, 2.24) is 0 Å². The van der Waals surface area contributed by atoms with Crippen LogP contribution in [0.15, 0.2) is 36.4 Å². The second-order valence-electron chi connectivity index (χ2n) is 5.69. The standard InChI is InChI=1S/C18H13NO9/c20-14(21)7-19-10-6-9(18(25)26)4-5-11(10)28-13-3-1-2-12(16(13)17(19)24)27-8-15(22)23/h1-6H,7-8H2,(H,20,21)(H,22,23)(H,25,26). The molecule has 10 heteroatoms. The summed E-state index contributed by atoms with van der Waals surface area (Å²) in [5, 5.41) is 27.2. The molecule has 0 saturated heterocycles. The maximum Gasteiger partial charge on any atom is 0.341 e. The van der Waals surface area contributed by atoms with Gasteiger partial charge in [0.05, 0.1) is 11.3 Å². The van der Waals surface area contributed by atoms with Gasteiger partial charge >= 0.3 is 17.9 Å². The van der Waals surface area contributed by atoms with Crippen molar-refractivity contribution >= 4 is 29.5 Å². The smallest absolute Gasteiger partial charge is 0.341 e. The van der Waals surface area contributed by atoms with E-state index in [1.165, 1.54) is 30.3 Å². The summed E-state index contributed by atoms with van der Waals surface area (Å²) < 4.78 is 10.8. The van der Waals surface area contributed by atoms with Crippen molar-refractivity contribution in [3.63, 3.8) is 0 Å². The summed E-state index contributed by atoms with van der Waals surface area (Å²) in [7, 11) is 0. The van der Waals surface area contributed by atoms with E-state index in [2.05, 4.69) is 0 Å². The second kappa shape index (κ2) is 7.27. The number of fused-ring (bicyclic) bond motifs is 2. The minimum Gasteiger partial charge on any atom is -0.481 e. The minimum absolute atomic E-state index is 0.0186. The largest absolute Gasteiger partial charge is 0.481 e. The van der Waals surface area contributed by atoms with Crippen LogP contribution in [-0.2, 0) is 9.59 Å². The molecule has 0 radical (unpaired) electrons. The summed E-state index contributed by atoms with van der Waals surface area (Å²) in [6, 6.07) is 7.94. The third-order valence-electron chi connectivity index (χ3n) is 3.81. The molecular weight excluding hydrogens is 374 g/mol. The third kappa shape index (κ3) is 3.56. The second-order valence-corrected chi connectivity index (χ2v) is 5.69. The molecule has 144 valence electrons. The highest BCUT2D eigenvalue weighted by Gasteiger charge is 2.33. The molecule has 10 nitrogen and oxygen atoms in total. The van der Waals surface area contributed by atoms with Gasteiger partial charge in [0.1, 0.15) is 23.6 Å². The average molecular weight is 387 g/mol. The molecule has 0 atom stereocenters. The summed E-state index contributed by atoms with van der Waals surface area (Å²) >= 11 is 0. The van der Waals surface area contributed by atoms with Gasteiger partial charge in [-0.15, -0.1) is 0 Å². The van der Waals surface area contributed by atoms with E-state index in [0.717, 1.165) is 11.0 Å². The van der Waals surface area contributed by atoms with Gasteiger partial charge in [-0.1, -0.05) is 6.07 Å². The molecule has 0 fully saturated rings. The molecule has 1 aliphatic rings. The highest BCUT2D eigenvalue weighted by molar-refractivity contribution is 6.13. The van der Waals surface area contributed by atoms with Crippen molar-refractivity contribution in [2.24, 2.45) is 0 Å². The zero-order chi connectivity index (χ0) is 20.4. The molecule has 0 spiro atoms. The quantitative estimate of drug-likeness (QED) is 0.672. The summed E-state index contributed by atoms with van der Waals surface area (Å²) in [6.07, 6.45) is 0. The van der Waals surface area contributed by atoms with Crippen molar-refractivity contribution in [3.8, 4) is 17.2 Å². The average Bonchev–Trinajstić information content (AvgIpc) is 2.74. The Morgan fingerprint density at radius 2 is 1.75 bits per heavy atom. The number of amides is 1. The summed E-state index contributed by atoms with van der Waals surface area (Å²) in [5.41, 5.74) is -0.385. The molecule has 0 bridgehead atoms. The fourth-order valence-corrected chi connectivity index (χ4v) is 2.67. The molecule has 28 heavy (non-hydrogen) atoms. The molecule has 2 aromatic rings. The van der Waals surface area contributed by atoms with Crippen molar-refractivity contribution in [2.45, 2.75) is 0 Å². The first-order chi connectivity index (χ1) is 13.3. The number of carboxylic acids is 3. The van der Waals surface area contributed by atoms with Crippen LogP contribution < -0.4 is 14.4 Å². The predicted molar refractivity (Wildman–Crippen MR) is 92.4 cm³/mol. The van der Waals surface area contributed by atoms with Crippen molar-refractivity contribution in [2.75, 3.05) is 18.1 Å². The molecule has 0 saturated carbocycles. The molecule has 0 aliphatic carbocycles. The number of carbonyl (C=O) groups excluding carboxylic acids is 1. The van der Waals surface area contributed by atoms with Gasteiger partial charge in [0.15, 0.2) is 12.4 Å². The van der Waals surface area contributed by atoms with Gasteiger partial charge < -0.3 is 24.8 Å². The molecule has 1 aliphatic heterocycles. The highest BCUT2D eigenvalue weighted by Crippen LogP contribution is 2.42. The Hall–Kier alpha value is -4.08.